The van der Waals surface area contributed by atoms with Crippen molar-refractivity contribution in [3.63, 3.8) is 0 Å². The topological polar surface area (TPSA) is 58.6 Å². The largest absolute Gasteiger partial charge is 0.489 e. The lowest BCUT2D eigenvalue weighted by molar-refractivity contribution is -0.131. The Bertz CT molecular complexity index is 613. The summed E-state index contributed by atoms with van der Waals surface area (Å²) in [5, 5.41) is 3.06. The van der Waals surface area contributed by atoms with Gasteiger partial charge in [-0.25, -0.2) is 0 Å². The number of benzene rings is 1. The number of carbonyl (C=O) groups excluding carboxylic acids is 2. The first-order chi connectivity index (χ1) is 12.5. The van der Waals surface area contributed by atoms with E-state index in [-0.39, 0.29) is 35.8 Å². The van der Waals surface area contributed by atoms with Gasteiger partial charge in [0, 0.05) is 13.0 Å². The van der Waals surface area contributed by atoms with Crippen LogP contribution in [0.1, 0.15) is 45.4 Å². The number of ketones is 1. The molecular weight excluding hydrogens is 328 g/mol. The summed E-state index contributed by atoms with van der Waals surface area (Å²) in [7, 11) is 1.95. The predicted molar refractivity (Wildman–Crippen MR) is 101 cm³/mol. The highest BCUT2D eigenvalue weighted by atomic mass is 16.5. The van der Waals surface area contributed by atoms with E-state index in [0.717, 1.165) is 31.4 Å². The lowest BCUT2D eigenvalue weighted by Crippen LogP contribution is -2.51. The van der Waals surface area contributed by atoms with E-state index in [0.29, 0.717) is 13.0 Å². The minimum absolute atomic E-state index is 0.0105. The molecule has 1 N–H and O–H groups in total. The van der Waals surface area contributed by atoms with Gasteiger partial charge in [0.05, 0.1) is 12.1 Å². The number of carbonyl (C=O) groups is 2. The fraction of sp³-hybridized carbons (Fsp3) is 0.619. The number of hydrogen-bond donors (Lipinski definition) is 1. The molecule has 1 aliphatic heterocycles. The Morgan fingerprint density at radius 3 is 2.50 bits per heavy atom. The van der Waals surface area contributed by atoms with E-state index in [1.807, 2.05) is 42.3 Å². The summed E-state index contributed by atoms with van der Waals surface area (Å²) in [6.45, 7) is 2.31. The maximum atomic E-state index is 12.9. The molecule has 1 amide bonds. The quantitative estimate of drug-likeness (QED) is 0.849. The molecule has 0 radical (unpaired) electrons. The highest BCUT2D eigenvalue weighted by molar-refractivity contribution is 5.90. The molecule has 1 aliphatic carbocycles. The Hall–Kier alpha value is -1.88. The Morgan fingerprint density at radius 1 is 1.15 bits per heavy atom. The summed E-state index contributed by atoms with van der Waals surface area (Å²) in [4.78, 5) is 27.0. The van der Waals surface area contributed by atoms with Gasteiger partial charge in [-0.1, -0.05) is 37.5 Å². The molecule has 3 rings (SSSR count). The average Bonchev–Trinajstić information content (AvgIpc) is 3.01. The van der Waals surface area contributed by atoms with E-state index in [1.165, 1.54) is 6.42 Å². The molecule has 3 atom stereocenters. The molecule has 142 valence electrons. The Morgan fingerprint density at radius 2 is 1.85 bits per heavy atom. The molecule has 2 aliphatic rings. The summed E-state index contributed by atoms with van der Waals surface area (Å²) in [5.74, 6) is 1.14. The van der Waals surface area contributed by atoms with Crippen LogP contribution in [0.4, 0.5) is 0 Å². The second-order valence-corrected chi connectivity index (χ2v) is 7.74. The van der Waals surface area contributed by atoms with Crippen molar-refractivity contribution in [3.05, 3.63) is 30.3 Å². The lowest BCUT2D eigenvalue weighted by Gasteiger charge is -2.30. The van der Waals surface area contributed by atoms with Crippen molar-refractivity contribution in [2.24, 2.45) is 5.92 Å². The van der Waals surface area contributed by atoms with E-state index in [4.69, 9.17) is 4.74 Å². The van der Waals surface area contributed by atoms with Crippen molar-refractivity contribution in [1.29, 1.82) is 0 Å². The Balaban J connectivity index is 1.58. The van der Waals surface area contributed by atoms with E-state index >= 15 is 0 Å². The maximum absolute atomic E-state index is 12.9. The van der Waals surface area contributed by atoms with Crippen LogP contribution in [0.15, 0.2) is 30.3 Å². The van der Waals surface area contributed by atoms with Crippen molar-refractivity contribution < 1.29 is 14.3 Å². The Labute approximate surface area is 156 Å². The fourth-order valence-electron chi connectivity index (χ4n) is 4.30. The van der Waals surface area contributed by atoms with Crippen LogP contribution in [0.3, 0.4) is 0 Å². The van der Waals surface area contributed by atoms with Gasteiger partial charge in [-0.3, -0.25) is 14.5 Å². The van der Waals surface area contributed by atoms with Crippen molar-refractivity contribution in [2.45, 2.75) is 63.6 Å². The second kappa shape index (κ2) is 8.67. The van der Waals surface area contributed by atoms with Gasteiger partial charge in [0.25, 0.3) is 0 Å². The molecule has 1 saturated carbocycles. The molecule has 1 aromatic carbocycles. The number of likely N-dealkylation sites (N-methyl/N-ethyl adjacent to an activating group) is 1. The van der Waals surface area contributed by atoms with Crippen LogP contribution < -0.4 is 10.1 Å². The first kappa shape index (κ1) is 18.9. The van der Waals surface area contributed by atoms with Crippen LogP contribution >= 0.6 is 0 Å². The van der Waals surface area contributed by atoms with Crippen LogP contribution in [0.5, 0.6) is 5.75 Å². The van der Waals surface area contributed by atoms with E-state index < -0.39 is 0 Å². The number of para-hydroxylation sites is 1. The maximum Gasteiger partial charge on any atom is 0.238 e. The molecule has 0 spiro atoms. The first-order valence-electron chi connectivity index (χ1n) is 9.77. The monoisotopic (exact) mass is 358 g/mol. The van der Waals surface area contributed by atoms with Crippen molar-refractivity contribution in [2.75, 3.05) is 13.6 Å². The molecule has 0 aromatic heterocycles. The molecule has 1 saturated heterocycles. The zero-order chi connectivity index (χ0) is 18.5. The minimum Gasteiger partial charge on any atom is -0.489 e. The van der Waals surface area contributed by atoms with Gasteiger partial charge in [0.2, 0.25) is 5.91 Å². The summed E-state index contributed by atoms with van der Waals surface area (Å²) >= 11 is 0. The SMILES string of the molecule is CC(=O)[C@@H](NC(=O)[C@@H]1C[C@@H](Oc2ccccc2)CN1C)C1CCCCC1. The third-order valence-electron chi connectivity index (χ3n) is 5.72. The number of likely N-dealkylation sites (tertiary alicyclic amines) is 1. The second-order valence-electron chi connectivity index (χ2n) is 7.74. The van der Waals surface area contributed by atoms with Crippen LogP contribution in [-0.2, 0) is 9.59 Å². The summed E-state index contributed by atoms with van der Waals surface area (Å²) < 4.78 is 6.01. The van der Waals surface area contributed by atoms with E-state index in [2.05, 4.69) is 5.32 Å². The standard InChI is InChI=1S/C21H30N2O3/c1-15(24)20(16-9-5-3-6-10-16)22-21(25)19-13-18(14-23(19)2)26-17-11-7-4-8-12-17/h4,7-8,11-12,16,18-20H,3,5-6,9-10,13-14H2,1-2H3,(H,22,25)/t18-,19+,20-/m1/s1. The smallest absolute Gasteiger partial charge is 0.238 e. The third kappa shape index (κ3) is 4.64. The number of hydrogen-bond acceptors (Lipinski definition) is 4. The first-order valence-corrected chi connectivity index (χ1v) is 9.77. The Kier molecular flexibility index (Phi) is 6.30. The number of nitrogens with zero attached hydrogens (tertiary/aromatic N) is 1. The molecule has 5 heteroatoms. The fourth-order valence-corrected chi connectivity index (χ4v) is 4.30. The molecule has 2 fully saturated rings. The average molecular weight is 358 g/mol. The number of nitrogens with one attached hydrogen (secondary N) is 1. The highest BCUT2D eigenvalue weighted by Gasteiger charge is 2.38. The lowest BCUT2D eigenvalue weighted by atomic mass is 9.82. The highest BCUT2D eigenvalue weighted by Crippen LogP contribution is 2.28. The van der Waals surface area contributed by atoms with Gasteiger partial charge in [-0.05, 0) is 44.9 Å². The predicted octanol–water partition coefficient (Wildman–Crippen LogP) is 2.79. The van der Waals surface area contributed by atoms with Crippen LogP contribution in [-0.4, -0.2) is 48.4 Å². The van der Waals surface area contributed by atoms with Gasteiger partial charge in [0.1, 0.15) is 11.9 Å². The van der Waals surface area contributed by atoms with Crippen molar-refractivity contribution >= 4 is 11.7 Å². The van der Waals surface area contributed by atoms with Gasteiger partial charge in [0.15, 0.2) is 5.78 Å². The van der Waals surface area contributed by atoms with E-state index in [9.17, 15) is 9.59 Å². The summed E-state index contributed by atoms with van der Waals surface area (Å²) in [5.41, 5.74) is 0. The van der Waals surface area contributed by atoms with Gasteiger partial charge in [-0.2, -0.15) is 0 Å². The van der Waals surface area contributed by atoms with Crippen molar-refractivity contribution in [3.8, 4) is 5.75 Å². The number of ether oxygens (including phenoxy) is 1. The summed E-state index contributed by atoms with van der Waals surface area (Å²) in [6, 6.07) is 9.13. The molecule has 1 aromatic rings. The normalized spacial score (nSPS) is 25.6. The van der Waals surface area contributed by atoms with E-state index in [1.54, 1.807) is 6.92 Å². The van der Waals surface area contributed by atoms with Crippen LogP contribution in [0, 0.1) is 5.92 Å². The van der Waals surface area contributed by atoms with Gasteiger partial charge < -0.3 is 10.1 Å². The van der Waals surface area contributed by atoms with Crippen molar-refractivity contribution in [1.82, 2.24) is 10.2 Å². The molecule has 0 bridgehead atoms. The zero-order valence-electron chi connectivity index (χ0n) is 15.8. The molecule has 26 heavy (non-hydrogen) atoms. The minimum atomic E-state index is -0.342. The molecule has 5 nitrogen and oxygen atoms in total. The number of rotatable bonds is 6. The summed E-state index contributed by atoms with van der Waals surface area (Å²) in [6.07, 6.45) is 6.24. The third-order valence-corrected chi connectivity index (χ3v) is 5.72. The van der Waals surface area contributed by atoms with Crippen LogP contribution in [0.25, 0.3) is 0 Å². The van der Waals surface area contributed by atoms with Gasteiger partial charge >= 0.3 is 0 Å². The molecule has 1 heterocycles. The zero-order valence-corrected chi connectivity index (χ0v) is 15.8. The molecule has 0 unspecified atom stereocenters. The number of amides is 1. The van der Waals surface area contributed by atoms with Crippen LogP contribution in [0.2, 0.25) is 0 Å². The molecular formula is C21H30N2O3. The number of Topliss-reactive ketones (excluding diaryl/α,β-unsaturated/α-hetero) is 1. The van der Waals surface area contributed by atoms with Gasteiger partial charge in [-0.15, -0.1) is 0 Å².